The van der Waals surface area contributed by atoms with Crippen molar-refractivity contribution >= 4 is 45.1 Å². The van der Waals surface area contributed by atoms with Crippen LogP contribution in [0, 0.1) is 0 Å². The van der Waals surface area contributed by atoms with Gasteiger partial charge in [0.05, 0.1) is 42.1 Å². The molecule has 0 amide bonds. The van der Waals surface area contributed by atoms with Crippen LogP contribution in [0.25, 0.3) is 21.6 Å². The van der Waals surface area contributed by atoms with Crippen molar-refractivity contribution in [3.8, 4) is 11.4 Å². The van der Waals surface area contributed by atoms with Crippen LogP contribution in [-0.2, 0) is 16.0 Å². The first-order valence-corrected chi connectivity index (χ1v) is 13.2. The molecule has 5 heterocycles. The minimum Gasteiger partial charge on any atom is -0.462 e. The monoisotopic (exact) mass is 534 g/mol. The predicted octanol–water partition coefficient (Wildman–Crippen LogP) is 3.26. The van der Waals surface area contributed by atoms with Gasteiger partial charge in [-0.05, 0) is 25.1 Å². The van der Waals surface area contributed by atoms with Crippen LogP contribution in [0.15, 0.2) is 36.8 Å². The van der Waals surface area contributed by atoms with Gasteiger partial charge in [-0.25, -0.2) is 29.7 Å². The van der Waals surface area contributed by atoms with Crippen LogP contribution in [0.5, 0.6) is 0 Å². The molecule has 0 saturated carbocycles. The molecule has 1 fully saturated rings. The highest BCUT2D eigenvalue weighted by molar-refractivity contribution is 7.19. The van der Waals surface area contributed by atoms with E-state index in [2.05, 4.69) is 25.9 Å². The van der Waals surface area contributed by atoms with Gasteiger partial charge in [-0.1, -0.05) is 0 Å². The van der Waals surface area contributed by atoms with Gasteiger partial charge < -0.3 is 24.2 Å². The number of ether oxygens (including phenoxy) is 2. The molecular formula is C26H30N8O3S. The van der Waals surface area contributed by atoms with Crippen molar-refractivity contribution in [2.45, 2.75) is 13.5 Å². The summed E-state index contributed by atoms with van der Waals surface area (Å²) in [5.74, 6) is 2.53. The molecule has 0 bridgehead atoms. The lowest BCUT2D eigenvalue weighted by atomic mass is 10.2. The predicted molar refractivity (Wildman–Crippen MR) is 148 cm³/mol. The van der Waals surface area contributed by atoms with Crippen molar-refractivity contribution in [3.05, 3.63) is 47.2 Å². The Hall–Kier alpha value is -3.90. The summed E-state index contributed by atoms with van der Waals surface area (Å²) in [5.41, 5.74) is 2.09. The van der Waals surface area contributed by atoms with Gasteiger partial charge in [-0.3, -0.25) is 0 Å². The van der Waals surface area contributed by atoms with Crippen LogP contribution in [-0.4, -0.2) is 84.9 Å². The van der Waals surface area contributed by atoms with E-state index < -0.39 is 5.97 Å². The third kappa shape index (κ3) is 5.50. The van der Waals surface area contributed by atoms with E-state index in [4.69, 9.17) is 19.4 Å². The number of hydrogen-bond donors (Lipinski definition) is 0. The number of pyridine rings is 1. The van der Waals surface area contributed by atoms with Crippen molar-refractivity contribution in [2.75, 3.05) is 68.8 Å². The molecule has 1 saturated heterocycles. The summed E-state index contributed by atoms with van der Waals surface area (Å²) in [7, 11) is 5.84. The molecule has 0 aromatic carbocycles. The number of thiophene rings is 1. The van der Waals surface area contributed by atoms with Crippen LogP contribution in [0.2, 0.25) is 0 Å². The standard InChI is InChI=1S/C26H30N8O3S/c1-5-37-25(35)18-14-28-26(29-15-18)33(4)16-19-12-20-22(38-19)24(34-8-10-36-11-9-34)31-23(30-20)17-6-7-21(27-13-17)32(2)3/h6-7,12-15H,5,8-11,16H2,1-4H3. The summed E-state index contributed by atoms with van der Waals surface area (Å²) in [6.07, 6.45) is 4.80. The number of morpholine rings is 1. The van der Waals surface area contributed by atoms with E-state index in [1.165, 1.54) is 12.4 Å². The summed E-state index contributed by atoms with van der Waals surface area (Å²) >= 11 is 1.66. The maximum Gasteiger partial charge on any atom is 0.341 e. The zero-order valence-corrected chi connectivity index (χ0v) is 22.7. The number of rotatable bonds is 8. The third-order valence-corrected chi connectivity index (χ3v) is 7.17. The average molecular weight is 535 g/mol. The Kier molecular flexibility index (Phi) is 7.61. The second-order valence-corrected chi connectivity index (χ2v) is 10.2. The van der Waals surface area contributed by atoms with Gasteiger partial charge in [0.15, 0.2) is 11.6 Å². The Bertz CT molecular complexity index is 1400. The highest BCUT2D eigenvalue weighted by Crippen LogP contribution is 2.35. The van der Waals surface area contributed by atoms with E-state index in [9.17, 15) is 4.79 Å². The average Bonchev–Trinajstić information content (AvgIpc) is 3.35. The van der Waals surface area contributed by atoms with Crippen molar-refractivity contribution < 1.29 is 14.3 Å². The van der Waals surface area contributed by atoms with E-state index in [0.717, 1.165) is 45.4 Å². The van der Waals surface area contributed by atoms with Crippen molar-refractivity contribution in [1.29, 1.82) is 0 Å². The van der Waals surface area contributed by atoms with Gasteiger partial charge in [0.1, 0.15) is 5.82 Å². The molecule has 0 unspecified atom stereocenters. The fourth-order valence-electron chi connectivity index (χ4n) is 4.09. The zero-order chi connectivity index (χ0) is 26.6. The summed E-state index contributed by atoms with van der Waals surface area (Å²) in [4.78, 5) is 42.3. The summed E-state index contributed by atoms with van der Waals surface area (Å²) in [6.45, 7) is 5.54. The summed E-state index contributed by atoms with van der Waals surface area (Å²) in [6, 6.07) is 6.07. The normalized spacial score (nSPS) is 13.5. The van der Waals surface area contributed by atoms with E-state index in [1.54, 1.807) is 18.3 Å². The molecule has 4 aromatic rings. The SMILES string of the molecule is CCOC(=O)c1cnc(N(C)Cc2cc3nc(-c4ccc(N(C)C)nc4)nc(N4CCOCC4)c3s2)nc1. The molecule has 0 radical (unpaired) electrons. The van der Waals surface area contributed by atoms with Crippen molar-refractivity contribution in [1.82, 2.24) is 24.9 Å². The zero-order valence-electron chi connectivity index (χ0n) is 21.9. The minimum absolute atomic E-state index is 0.307. The molecular weight excluding hydrogens is 504 g/mol. The first-order chi connectivity index (χ1) is 18.4. The first kappa shape index (κ1) is 25.7. The molecule has 11 nitrogen and oxygen atoms in total. The van der Waals surface area contributed by atoms with Gasteiger partial charge in [-0.15, -0.1) is 11.3 Å². The molecule has 0 aliphatic carbocycles. The Morgan fingerprint density at radius 3 is 2.50 bits per heavy atom. The van der Waals surface area contributed by atoms with Crippen LogP contribution >= 0.6 is 11.3 Å². The fourth-order valence-corrected chi connectivity index (χ4v) is 5.25. The van der Waals surface area contributed by atoms with Crippen LogP contribution in [0.3, 0.4) is 0 Å². The molecule has 198 valence electrons. The minimum atomic E-state index is -0.428. The number of nitrogens with zero attached hydrogens (tertiary/aromatic N) is 8. The molecule has 1 aliphatic rings. The number of fused-ring (bicyclic) bond motifs is 1. The topological polar surface area (TPSA) is 110 Å². The molecule has 0 N–H and O–H groups in total. The molecule has 4 aromatic heterocycles. The van der Waals surface area contributed by atoms with Crippen molar-refractivity contribution in [2.24, 2.45) is 0 Å². The molecule has 0 spiro atoms. The quantitative estimate of drug-likeness (QED) is 0.311. The van der Waals surface area contributed by atoms with Gasteiger partial charge in [0, 0.05) is 63.3 Å². The fraction of sp³-hybridized carbons (Fsp3) is 0.385. The van der Waals surface area contributed by atoms with E-state index >= 15 is 0 Å². The number of hydrogen-bond acceptors (Lipinski definition) is 12. The number of carbonyl (C=O) groups excluding carboxylic acids is 1. The lowest BCUT2D eigenvalue weighted by Gasteiger charge is -2.28. The maximum atomic E-state index is 11.9. The Labute approximate surface area is 225 Å². The smallest absolute Gasteiger partial charge is 0.341 e. The lowest BCUT2D eigenvalue weighted by molar-refractivity contribution is 0.0525. The Balaban J connectivity index is 1.45. The van der Waals surface area contributed by atoms with Gasteiger partial charge in [-0.2, -0.15) is 0 Å². The Morgan fingerprint density at radius 2 is 1.84 bits per heavy atom. The highest BCUT2D eigenvalue weighted by Gasteiger charge is 2.21. The molecule has 0 atom stereocenters. The van der Waals surface area contributed by atoms with E-state index in [1.807, 2.05) is 49.3 Å². The second-order valence-electron chi connectivity index (χ2n) is 9.05. The van der Waals surface area contributed by atoms with Crippen molar-refractivity contribution in [3.63, 3.8) is 0 Å². The highest BCUT2D eigenvalue weighted by atomic mass is 32.1. The van der Waals surface area contributed by atoms with E-state index in [-0.39, 0.29) is 0 Å². The molecule has 1 aliphatic heterocycles. The Morgan fingerprint density at radius 1 is 1.08 bits per heavy atom. The summed E-state index contributed by atoms with van der Waals surface area (Å²) < 4.78 is 11.6. The molecule has 12 heteroatoms. The first-order valence-electron chi connectivity index (χ1n) is 12.4. The third-order valence-electron chi connectivity index (χ3n) is 6.06. The van der Waals surface area contributed by atoms with Gasteiger partial charge in [0.2, 0.25) is 5.95 Å². The number of carbonyl (C=O) groups is 1. The number of esters is 1. The van der Waals surface area contributed by atoms with Crippen LogP contribution < -0.4 is 14.7 Å². The largest absolute Gasteiger partial charge is 0.462 e. The number of aromatic nitrogens is 5. The van der Waals surface area contributed by atoms with Crippen LogP contribution in [0.1, 0.15) is 22.2 Å². The number of anilines is 3. The maximum absolute atomic E-state index is 11.9. The lowest BCUT2D eigenvalue weighted by Crippen LogP contribution is -2.36. The van der Waals surface area contributed by atoms with Gasteiger partial charge >= 0.3 is 5.97 Å². The summed E-state index contributed by atoms with van der Waals surface area (Å²) in [5, 5.41) is 0. The van der Waals surface area contributed by atoms with Gasteiger partial charge in [0.25, 0.3) is 0 Å². The second kappa shape index (κ2) is 11.2. The van der Waals surface area contributed by atoms with E-state index in [0.29, 0.717) is 43.7 Å². The van der Waals surface area contributed by atoms with Crippen LogP contribution in [0.4, 0.5) is 17.6 Å². The molecule has 5 rings (SSSR count). The molecule has 38 heavy (non-hydrogen) atoms.